The van der Waals surface area contributed by atoms with E-state index in [0.717, 1.165) is 0 Å². The fourth-order valence-corrected chi connectivity index (χ4v) is 2.68. The number of benzene rings is 1. The number of hydrogen-bond donors (Lipinski definition) is 1. The van der Waals surface area contributed by atoms with Gasteiger partial charge in [0.25, 0.3) is 10.0 Å². The highest BCUT2D eigenvalue weighted by atomic mass is 32.2. The molecule has 6 heteroatoms. The van der Waals surface area contributed by atoms with Crippen molar-refractivity contribution in [1.29, 1.82) is 0 Å². The van der Waals surface area contributed by atoms with Crippen molar-refractivity contribution in [3.63, 3.8) is 0 Å². The summed E-state index contributed by atoms with van der Waals surface area (Å²) in [6, 6.07) is 6.50. The van der Waals surface area contributed by atoms with Crippen LogP contribution in [0.3, 0.4) is 0 Å². The molecule has 1 aromatic rings. The van der Waals surface area contributed by atoms with Crippen LogP contribution in [0.25, 0.3) is 0 Å². The van der Waals surface area contributed by atoms with Crippen LogP contribution >= 0.6 is 0 Å². The highest BCUT2D eigenvalue weighted by molar-refractivity contribution is 7.90. The monoisotopic (exact) mass is 271 g/mol. The lowest BCUT2D eigenvalue weighted by Crippen LogP contribution is -2.31. The first-order valence-corrected chi connectivity index (χ1v) is 7.14. The summed E-state index contributed by atoms with van der Waals surface area (Å²) < 4.78 is 30.9. The lowest BCUT2D eigenvalue weighted by Gasteiger charge is -2.09. The van der Waals surface area contributed by atoms with Crippen molar-refractivity contribution in [3.05, 3.63) is 29.8 Å². The number of ether oxygens (including phenoxy) is 1. The van der Waals surface area contributed by atoms with E-state index in [9.17, 15) is 13.2 Å². The molecule has 0 unspecified atom stereocenters. The van der Waals surface area contributed by atoms with Crippen LogP contribution in [0.2, 0.25) is 0 Å². The zero-order valence-corrected chi connectivity index (χ0v) is 11.3. The predicted octanol–water partition coefficient (Wildman–Crippen LogP) is 1.23. The molecule has 0 saturated carbocycles. The maximum absolute atomic E-state index is 11.9. The van der Waals surface area contributed by atoms with Gasteiger partial charge in [0.15, 0.2) is 0 Å². The summed E-state index contributed by atoms with van der Waals surface area (Å²) >= 11 is 0. The summed E-state index contributed by atoms with van der Waals surface area (Å²) in [5, 5.41) is 0. The molecule has 0 radical (unpaired) electrons. The van der Waals surface area contributed by atoms with Gasteiger partial charge in [-0.2, -0.15) is 0 Å². The van der Waals surface area contributed by atoms with Crippen LogP contribution in [0, 0.1) is 6.92 Å². The molecule has 0 bridgehead atoms. The highest BCUT2D eigenvalue weighted by Crippen LogP contribution is 2.13. The van der Waals surface area contributed by atoms with Gasteiger partial charge in [0.05, 0.1) is 17.9 Å². The molecule has 18 heavy (non-hydrogen) atoms. The van der Waals surface area contributed by atoms with Crippen molar-refractivity contribution >= 4 is 15.9 Å². The summed E-state index contributed by atoms with van der Waals surface area (Å²) in [5.74, 6) is -0.563. The third-order valence-corrected chi connectivity index (χ3v) is 3.84. The largest absolute Gasteiger partial charge is 0.381 e. The molecule has 0 aliphatic rings. The molecular formula is C12H17NO4S. The van der Waals surface area contributed by atoms with Crippen molar-refractivity contribution in [3.8, 4) is 0 Å². The molecule has 0 aliphatic heterocycles. The number of hydrogen-bond acceptors (Lipinski definition) is 4. The number of amides is 1. The Morgan fingerprint density at radius 2 is 2.00 bits per heavy atom. The fraction of sp³-hybridized carbons (Fsp3) is 0.417. The molecule has 0 saturated heterocycles. The molecule has 0 spiro atoms. The smallest absolute Gasteiger partial charge is 0.264 e. The topological polar surface area (TPSA) is 72.5 Å². The van der Waals surface area contributed by atoms with E-state index in [0.29, 0.717) is 12.2 Å². The standard InChI is InChI=1S/C12H17NO4S/c1-3-17-9-8-12(14)13-18(15,16)11-7-5-4-6-10(11)2/h4-7H,3,8-9H2,1-2H3,(H,13,14). The summed E-state index contributed by atoms with van der Waals surface area (Å²) in [7, 11) is -3.78. The summed E-state index contributed by atoms with van der Waals surface area (Å²) in [4.78, 5) is 11.6. The Morgan fingerprint density at radius 1 is 1.33 bits per heavy atom. The maximum atomic E-state index is 11.9. The number of carbonyl (C=O) groups excluding carboxylic acids is 1. The second-order valence-corrected chi connectivity index (χ2v) is 5.39. The van der Waals surface area contributed by atoms with Gasteiger partial charge in [0.2, 0.25) is 5.91 Å². The van der Waals surface area contributed by atoms with Crippen LogP contribution in [0.1, 0.15) is 18.9 Å². The van der Waals surface area contributed by atoms with Crippen molar-refractivity contribution in [2.24, 2.45) is 0 Å². The summed E-state index contributed by atoms with van der Waals surface area (Å²) in [6.45, 7) is 4.20. The van der Waals surface area contributed by atoms with E-state index in [1.54, 1.807) is 25.1 Å². The first-order chi connectivity index (χ1) is 8.47. The van der Waals surface area contributed by atoms with Crippen LogP contribution in [-0.4, -0.2) is 27.5 Å². The minimum atomic E-state index is -3.78. The van der Waals surface area contributed by atoms with E-state index in [-0.39, 0.29) is 17.9 Å². The van der Waals surface area contributed by atoms with Crippen LogP contribution in [-0.2, 0) is 19.6 Å². The molecule has 0 aromatic heterocycles. The minimum Gasteiger partial charge on any atom is -0.381 e. The average Bonchev–Trinajstić information content (AvgIpc) is 2.29. The third-order valence-electron chi connectivity index (χ3n) is 2.31. The zero-order chi connectivity index (χ0) is 13.6. The molecule has 0 aliphatic carbocycles. The number of aryl methyl sites for hydroxylation is 1. The molecule has 1 aromatic carbocycles. The molecule has 1 rings (SSSR count). The van der Waals surface area contributed by atoms with Gasteiger partial charge >= 0.3 is 0 Å². The Kier molecular flexibility index (Phi) is 5.30. The highest BCUT2D eigenvalue weighted by Gasteiger charge is 2.18. The molecule has 5 nitrogen and oxygen atoms in total. The lowest BCUT2D eigenvalue weighted by molar-refractivity contribution is -0.120. The summed E-state index contributed by atoms with van der Waals surface area (Å²) in [6.07, 6.45) is 0.0267. The van der Waals surface area contributed by atoms with Crippen molar-refractivity contribution in [2.75, 3.05) is 13.2 Å². The van der Waals surface area contributed by atoms with Crippen molar-refractivity contribution in [1.82, 2.24) is 4.72 Å². The molecule has 0 atom stereocenters. The number of sulfonamides is 1. The Balaban J connectivity index is 2.71. The molecule has 0 fully saturated rings. The number of rotatable bonds is 6. The number of nitrogens with one attached hydrogen (secondary N) is 1. The maximum Gasteiger partial charge on any atom is 0.264 e. The fourth-order valence-electron chi connectivity index (χ4n) is 1.42. The Labute approximate surface area is 107 Å². The van der Waals surface area contributed by atoms with Gasteiger partial charge in [-0.05, 0) is 25.5 Å². The van der Waals surface area contributed by atoms with Crippen molar-refractivity contribution in [2.45, 2.75) is 25.2 Å². The van der Waals surface area contributed by atoms with Gasteiger partial charge in [-0.25, -0.2) is 13.1 Å². The van der Waals surface area contributed by atoms with E-state index in [2.05, 4.69) is 0 Å². The molecule has 1 N–H and O–H groups in total. The predicted molar refractivity (Wildman–Crippen MR) is 67.6 cm³/mol. The second-order valence-electron chi connectivity index (χ2n) is 3.74. The van der Waals surface area contributed by atoms with Crippen molar-refractivity contribution < 1.29 is 17.9 Å². The van der Waals surface area contributed by atoms with E-state index in [1.807, 2.05) is 11.6 Å². The van der Waals surface area contributed by atoms with E-state index < -0.39 is 15.9 Å². The van der Waals surface area contributed by atoms with Gasteiger partial charge in [0.1, 0.15) is 0 Å². The van der Waals surface area contributed by atoms with Crippen LogP contribution in [0.4, 0.5) is 0 Å². The Hall–Kier alpha value is -1.40. The average molecular weight is 271 g/mol. The quantitative estimate of drug-likeness (QED) is 0.790. The van der Waals surface area contributed by atoms with Crippen LogP contribution in [0.15, 0.2) is 29.2 Å². The number of carbonyl (C=O) groups is 1. The first kappa shape index (κ1) is 14.7. The van der Waals surface area contributed by atoms with Crippen LogP contribution in [0.5, 0.6) is 0 Å². The Bertz CT molecular complexity index is 511. The molecule has 1 amide bonds. The second kappa shape index (κ2) is 6.51. The van der Waals surface area contributed by atoms with E-state index >= 15 is 0 Å². The molecule has 100 valence electrons. The van der Waals surface area contributed by atoms with E-state index in [4.69, 9.17) is 4.74 Å². The lowest BCUT2D eigenvalue weighted by atomic mass is 10.2. The van der Waals surface area contributed by atoms with Gasteiger partial charge < -0.3 is 4.74 Å². The van der Waals surface area contributed by atoms with Gasteiger partial charge in [0, 0.05) is 6.61 Å². The normalized spacial score (nSPS) is 11.2. The molecular weight excluding hydrogens is 254 g/mol. The third kappa shape index (κ3) is 4.12. The minimum absolute atomic E-state index is 0.0267. The zero-order valence-electron chi connectivity index (χ0n) is 10.5. The van der Waals surface area contributed by atoms with Gasteiger partial charge in [-0.3, -0.25) is 4.79 Å². The first-order valence-electron chi connectivity index (χ1n) is 5.66. The SMILES string of the molecule is CCOCCC(=O)NS(=O)(=O)c1ccccc1C. The summed E-state index contributed by atoms with van der Waals surface area (Å²) in [5.41, 5.74) is 0.600. The van der Waals surface area contributed by atoms with Crippen LogP contribution < -0.4 is 4.72 Å². The van der Waals surface area contributed by atoms with Gasteiger partial charge in [-0.15, -0.1) is 0 Å². The van der Waals surface area contributed by atoms with Gasteiger partial charge in [-0.1, -0.05) is 18.2 Å². The Morgan fingerprint density at radius 3 is 2.61 bits per heavy atom. The molecule has 0 heterocycles. The van der Waals surface area contributed by atoms with E-state index in [1.165, 1.54) is 6.07 Å².